The van der Waals surface area contributed by atoms with Gasteiger partial charge in [0.2, 0.25) is 11.8 Å². The topological polar surface area (TPSA) is 75.7 Å². The van der Waals surface area contributed by atoms with Crippen molar-refractivity contribution in [3.05, 3.63) is 16.0 Å². The number of hydrogen-bond donors (Lipinski definition) is 1. The van der Waals surface area contributed by atoms with Crippen LogP contribution in [0.3, 0.4) is 0 Å². The van der Waals surface area contributed by atoms with Gasteiger partial charge in [-0.1, -0.05) is 19.3 Å². The Morgan fingerprint density at radius 3 is 2.27 bits per heavy atom. The van der Waals surface area contributed by atoms with Gasteiger partial charge in [-0.25, -0.2) is 4.90 Å². The lowest BCUT2D eigenvalue weighted by Gasteiger charge is -2.24. The van der Waals surface area contributed by atoms with Gasteiger partial charge in [-0.3, -0.25) is 14.4 Å². The van der Waals surface area contributed by atoms with Gasteiger partial charge >= 0.3 is 0 Å². The van der Waals surface area contributed by atoms with Crippen molar-refractivity contribution >= 4 is 34.1 Å². The maximum atomic E-state index is 13.4. The summed E-state index contributed by atoms with van der Waals surface area (Å²) in [4.78, 5) is 42.7. The molecule has 30 heavy (non-hydrogen) atoms. The van der Waals surface area contributed by atoms with Crippen LogP contribution in [0.5, 0.6) is 0 Å². The lowest BCUT2D eigenvalue weighted by atomic mass is 9.81. The summed E-state index contributed by atoms with van der Waals surface area (Å²) in [6, 6.07) is 0.201. The lowest BCUT2D eigenvalue weighted by Crippen LogP contribution is -2.39. The van der Waals surface area contributed by atoms with Crippen molar-refractivity contribution in [1.29, 1.82) is 0 Å². The average Bonchev–Trinajstić information content (AvgIpc) is 3.50. The fourth-order valence-electron chi connectivity index (χ4n) is 6.36. The molecule has 6 nitrogen and oxygen atoms in total. The minimum atomic E-state index is -0.357. The number of ether oxygens (including phenoxy) is 1. The number of amides is 3. The predicted octanol–water partition coefficient (Wildman–Crippen LogP) is 3.36. The highest BCUT2D eigenvalue weighted by Crippen LogP contribution is 2.51. The van der Waals surface area contributed by atoms with E-state index in [4.69, 9.17) is 4.74 Å². The second kappa shape index (κ2) is 7.16. The maximum absolute atomic E-state index is 13.4. The zero-order valence-electron chi connectivity index (χ0n) is 17.2. The second-order valence-corrected chi connectivity index (χ2v) is 10.6. The van der Waals surface area contributed by atoms with Crippen molar-refractivity contribution in [3.8, 4) is 0 Å². The predicted molar refractivity (Wildman–Crippen MR) is 113 cm³/mol. The molecule has 5 aliphatic rings. The van der Waals surface area contributed by atoms with Crippen LogP contribution in [0.4, 0.5) is 5.00 Å². The largest absolute Gasteiger partial charge is 0.373 e. The molecule has 4 atom stereocenters. The number of carbonyl (C=O) groups excluding carboxylic acids is 3. The van der Waals surface area contributed by atoms with Crippen LogP contribution >= 0.6 is 11.3 Å². The monoisotopic (exact) mass is 428 g/mol. The van der Waals surface area contributed by atoms with Gasteiger partial charge in [-0.15, -0.1) is 11.3 Å². The molecule has 1 aromatic rings. The van der Waals surface area contributed by atoms with Crippen molar-refractivity contribution in [1.82, 2.24) is 5.32 Å². The Balaban J connectivity index is 1.37. The fourth-order valence-corrected chi connectivity index (χ4v) is 7.76. The van der Waals surface area contributed by atoms with E-state index in [1.165, 1.54) is 27.5 Å². The molecular weight excluding hydrogens is 400 g/mol. The third kappa shape index (κ3) is 2.74. The molecule has 7 heteroatoms. The molecule has 4 heterocycles. The molecule has 3 saturated heterocycles. The van der Waals surface area contributed by atoms with Crippen LogP contribution in [0.15, 0.2) is 0 Å². The number of rotatable bonds is 3. The lowest BCUT2D eigenvalue weighted by molar-refractivity contribution is -0.124. The molecule has 1 aromatic heterocycles. The van der Waals surface area contributed by atoms with Gasteiger partial charge in [0.1, 0.15) is 5.00 Å². The van der Waals surface area contributed by atoms with Crippen molar-refractivity contribution in [2.45, 2.75) is 88.9 Å². The molecular formula is C23H28N2O4S. The third-order valence-corrected chi connectivity index (χ3v) is 9.08. The van der Waals surface area contributed by atoms with Crippen LogP contribution in [0, 0.1) is 11.8 Å². The smallest absolute Gasteiger partial charge is 0.254 e. The highest BCUT2D eigenvalue weighted by atomic mass is 32.1. The average molecular weight is 429 g/mol. The number of fused-ring (bicyclic) bond motifs is 6. The molecule has 3 aliphatic heterocycles. The van der Waals surface area contributed by atoms with Gasteiger partial charge in [0.25, 0.3) is 5.91 Å². The Kier molecular flexibility index (Phi) is 4.53. The van der Waals surface area contributed by atoms with E-state index in [9.17, 15) is 14.4 Å². The zero-order chi connectivity index (χ0) is 20.4. The number of imide groups is 1. The Hall–Kier alpha value is -1.73. The van der Waals surface area contributed by atoms with E-state index in [1.807, 2.05) is 0 Å². The summed E-state index contributed by atoms with van der Waals surface area (Å²) >= 11 is 1.50. The highest BCUT2D eigenvalue weighted by Gasteiger charge is 2.63. The molecule has 2 bridgehead atoms. The van der Waals surface area contributed by atoms with Crippen molar-refractivity contribution in [2.24, 2.45) is 11.8 Å². The molecule has 4 fully saturated rings. The quantitative estimate of drug-likeness (QED) is 0.749. The molecule has 0 spiro atoms. The summed E-state index contributed by atoms with van der Waals surface area (Å²) in [6.07, 6.45) is 10.9. The van der Waals surface area contributed by atoms with Crippen molar-refractivity contribution < 1.29 is 19.1 Å². The molecule has 160 valence electrons. The van der Waals surface area contributed by atoms with E-state index in [0.29, 0.717) is 10.6 Å². The molecule has 1 N–H and O–H groups in total. The van der Waals surface area contributed by atoms with Gasteiger partial charge in [-0.05, 0) is 56.9 Å². The van der Waals surface area contributed by atoms with E-state index in [0.717, 1.165) is 69.8 Å². The van der Waals surface area contributed by atoms with Gasteiger partial charge in [0.05, 0.1) is 29.6 Å². The molecule has 1 saturated carbocycles. The summed E-state index contributed by atoms with van der Waals surface area (Å²) in [5, 5.41) is 3.82. The molecule has 0 radical (unpaired) electrons. The number of hydrogen-bond acceptors (Lipinski definition) is 5. The van der Waals surface area contributed by atoms with E-state index in [-0.39, 0.29) is 47.8 Å². The van der Waals surface area contributed by atoms with Crippen LogP contribution < -0.4 is 10.2 Å². The number of nitrogens with one attached hydrogen (secondary N) is 1. The van der Waals surface area contributed by atoms with E-state index in [2.05, 4.69) is 5.32 Å². The first kappa shape index (κ1) is 19.0. The van der Waals surface area contributed by atoms with E-state index >= 15 is 0 Å². The highest BCUT2D eigenvalue weighted by molar-refractivity contribution is 7.17. The second-order valence-electron chi connectivity index (χ2n) is 9.55. The van der Waals surface area contributed by atoms with Gasteiger partial charge in [0, 0.05) is 10.9 Å². The fraction of sp³-hybridized carbons (Fsp3) is 0.696. The summed E-state index contributed by atoms with van der Waals surface area (Å²) < 4.78 is 5.88. The first-order valence-corrected chi connectivity index (χ1v) is 12.4. The summed E-state index contributed by atoms with van der Waals surface area (Å²) in [5.41, 5.74) is 1.68. The first-order valence-electron chi connectivity index (χ1n) is 11.6. The Labute approximate surface area is 180 Å². The van der Waals surface area contributed by atoms with E-state index in [1.54, 1.807) is 0 Å². The summed E-state index contributed by atoms with van der Waals surface area (Å²) in [6.45, 7) is 0. The summed E-state index contributed by atoms with van der Waals surface area (Å²) in [7, 11) is 0. The molecule has 6 rings (SSSR count). The normalized spacial score (nSPS) is 33.1. The first-order chi connectivity index (χ1) is 14.6. The molecule has 3 amide bonds. The van der Waals surface area contributed by atoms with Crippen molar-refractivity contribution in [3.63, 3.8) is 0 Å². The standard InChI is InChI=1S/C23H28N2O4S/c26-20(24-12-6-2-1-3-7-12)17-13-8-4-5-9-16(13)30-23(17)25-21(27)18-14-10-11-15(29-14)19(18)22(25)28/h12,14-15,18-19H,1-11H2,(H,24,26)/t14-,15-,18-,19-/m0/s1. The Morgan fingerprint density at radius 1 is 0.900 bits per heavy atom. The summed E-state index contributed by atoms with van der Waals surface area (Å²) in [5.74, 6) is -1.10. The Morgan fingerprint density at radius 2 is 1.57 bits per heavy atom. The molecule has 0 unspecified atom stereocenters. The van der Waals surface area contributed by atoms with Crippen LogP contribution in [0.25, 0.3) is 0 Å². The third-order valence-electron chi connectivity index (χ3n) is 7.81. The van der Waals surface area contributed by atoms with Gasteiger partial charge in [-0.2, -0.15) is 0 Å². The number of anilines is 1. The van der Waals surface area contributed by atoms with Gasteiger partial charge in [0.15, 0.2) is 0 Å². The zero-order valence-corrected chi connectivity index (χ0v) is 18.0. The molecule has 0 aromatic carbocycles. The van der Waals surface area contributed by atoms with Crippen LogP contribution in [-0.2, 0) is 27.2 Å². The van der Waals surface area contributed by atoms with E-state index < -0.39 is 0 Å². The molecule has 2 aliphatic carbocycles. The Bertz CT molecular complexity index is 891. The van der Waals surface area contributed by atoms with Crippen molar-refractivity contribution in [2.75, 3.05) is 4.90 Å². The minimum absolute atomic E-state index is 0.0896. The van der Waals surface area contributed by atoms with Crippen LogP contribution in [-0.4, -0.2) is 36.0 Å². The maximum Gasteiger partial charge on any atom is 0.254 e. The SMILES string of the molecule is O=C(NC1CCCCC1)c1c(N2C(=O)[C@@H]3[C@@H](C2=O)[C@@H]2CC[C@@H]3O2)sc2c1CCCC2. The minimum Gasteiger partial charge on any atom is -0.373 e. The number of carbonyl (C=O) groups is 3. The van der Waals surface area contributed by atoms with Crippen LogP contribution in [0.1, 0.15) is 78.6 Å². The number of nitrogens with zero attached hydrogens (tertiary/aromatic N) is 1. The van der Waals surface area contributed by atoms with Crippen LogP contribution in [0.2, 0.25) is 0 Å². The number of aryl methyl sites for hydroxylation is 1. The van der Waals surface area contributed by atoms with Gasteiger partial charge < -0.3 is 10.1 Å². The number of thiophene rings is 1.